The first-order chi connectivity index (χ1) is 10.3. The van der Waals surface area contributed by atoms with E-state index in [9.17, 15) is 0 Å². The zero-order valence-corrected chi connectivity index (χ0v) is 18.2. The van der Waals surface area contributed by atoms with Gasteiger partial charge < -0.3 is 0 Å². The maximum absolute atomic E-state index is 6.69. The van der Waals surface area contributed by atoms with Gasteiger partial charge in [0.15, 0.2) is 0 Å². The Labute approximate surface area is 147 Å². The molecule has 1 radical (unpaired) electrons. The summed E-state index contributed by atoms with van der Waals surface area (Å²) >= 11 is -2.22. The summed E-state index contributed by atoms with van der Waals surface area (Å²) in [6, 6.07) is 0. The van der Waals surface area contributed by atoms with Crippen LogP contribution in [0.25, 0.3) is 0 Å². The van der Waals surface area contributed by atoms with Gasteiger partial charge in [-0.2, -0.15) is 0 Å². The topological polar surface area (TPSA) is 15.7 Å². The Hall–Kier alpha value is -0.897. The van der Waals surface area contributed by atoms with Crippen molar-refractivity contribution in [3.8, 4) is 0 Å². The molecule has 0 bridgehead atoms. The molecule has 127 valence electrons. The van der Waals surface area contributed by atoms with Gasteiger partial charge in [0.2, 0.25) is 0 Å². The number of nitrogens with zero attached hydrogens (tertiary/aromatic N) is 2. The van der Waals surface area contributed by atoms with E-state index in [0.29, 0.717) is 0 Å². The van der Waals surface area contributed by atoms with Gasteiger partial charge in [-0.05, 0) is 0 Å². The Kier molecular flexibility index (Phi) is 4.71. The number of rotatable bonds is 1. The fourth-order valence-corrected chi connectivity index (χ4v) is 8.72. The van der Waals surface area contributed by atoms with E-state index in [-0.39, 0.29) is 16.7 Å². The average molecular weight is 376 g/mol. The molecule has 23 heavy (non-hydrogen) atoms. The summed E-state index contributed by atoms with van der Waals surface area (Å²) in [6.07, 6.45) is 8.37. The molecule has 0 saturated carbocycles. The van der Waals surface area contributed by atoms with Crippen molar-refractivity contribution in [3.63, 3.8) is 0 Å². The second-order valence-corrected chi connectivity index (χ2v) is 12.6. The molecule has 0 unspecified atom stereocenters. The number of hydrogen-bond acceptors (Lipinski definition) is 3. The minimum absolute atomic E-state index is 0.000185. The molecule has 1 saturated heterocycles. The Bertz CT molecular complexity index is 590. The minimum atomic E-state index is -2.22. The third-order valence-corrected chi connectivity index (χ3v) is 10.6. The quantitative estimate of drug-likeness (QED) is 0.496. The van der Waals surface area contributed by atoms with Crippen LogP contribution in [0.15, 0.2) is 41.4 Å². The molecule has 4 heteroatoms. The van der Waals surface area contributed by atoms with Gasteiger partial charge in [0.25, 0.3) is 0 Å². The van der Waals surface area contributed by atoms with E-state index < -0.39 is 15.1 Å². The van der Waals surface area contributed by atoms with Crippen LogP contribution >= 0.6 is 0 Å². The summed E-state index contributed by atoms with van der Waals surface area (Å²) in [4.78, 5) is 0. The number of hydrogen-bond donors (Lipinski definition) is 0. The van der Waals surface area contributed by atoms with Crippen molar-refractivity contribution in [1.82, 2.24) is 7.71 Å². The van der Waals surface area contributed by atoms with E-state index in [0.717, 1.165) is 0 Å². The summed E-state index contributed by atoms with van der Waals surface area (Å²) < 4.78 is 11.7. The van der Waals surface area contributed by atoms with E-state index in [1.165, 1.54) is 11.4 Å². The van der Waals surface area contributed by atoms with Crippen molar-refractivity contribution in [3.05, 3.63) is 41.4 Å². The van der Waals surface area contributed by atoms with E-state index >= 15 is 0 Å². The van der Waals surface area contributed by atoms with Crippen molar-refractivity contribution < 1.29 is 3.76 Å². The Balaban J connectivity index is 2.65. The molecule has 2 rings (SSSR count). The molecule has 1 heterocycles. The van der Waals surface area contributed by atoms with Gasteiger partial charge in [-0.25, -0.2) is 0 Å². The van der Waals surface area contributed by atoms with Crippen molar-refractivity contribution >= 4 is 15.1 Å². The van der Waals surface area contributed by atoms with Crippen LogP contribution in [0.4, 0.5) is 0 Å². The SMILES string of the molecule is CC(C)(C)[O][Ge]1[N](C(C)(C)C)C2=C=CC=CC=C2[N]1C(C)(C)C. The zero-order valence-electron chi connectivity index (χ0n) is 16.1. The number of allylic oxidation sites excluding steroid dienone is 3. The molecule has 3 nitrogen and oxygen atoms in total. The normalized spacial score (nSPS) is 19.7. The third-order valence-electron chi connectivity index (χ3n) is 3.51. The first-order valence-electron chi connectivity index (χ1n) is 8.33. The molecule has 0 amide bonds. The van der Waals surface area contributed by atoms with Crippen LogP contribution in [0.1, 0.15) is 62.3 Å². The molecule has 0 spiro atoms. The Morgan fingerprint density at radius 3 is 1.91 bits per heavy atom. The Morgan fingerprint density at radius 1 is 0.870 bits per heavy atom. The molecule has 0 aromatic heterocycles. The van der Waals surface area contributed by atoms with Gasteiger partial charge in [-0.15, -0.1) is 0 Å². The molecule has 1 aliphatic heterocycles. The van der Waals surface area contributed by atoms with Crippen molar-refractivity contribution in [2.45, 2.75) is 79.0 Å². The number of fused-ring (bicyclic) bond motifs is 1. The molecule has 0 N–H and O–H groups in total. The van der Waals surface area contributed by atoms with Gasteiger partial charge >= 0.3 is 147 Å². The van der Waals surface area contributed by atoms with Crippen LogP contribution < -0.4 is 0 Å². The third kappa shape index (κ3) is 3.96. The molecule has 2 aliphatic rings. The fourth-order valence-electron chi connectivity index (χ4n) is 2.78. The first kappa shape index (κ1) is 18.4. The zero-order chi connectivity index (χ0) is 17.6. The van der Waals surface area contributed by atoms with Crippen LogP contribution in [0.2, 0.25) is 0 Å². The second-order valence-electron chi connectivity index (χ2n) is 9.11. The summed E-state index contributed by atoms with van der Waals surface area (Å²) in [5.41, 5.74) is 5.78. The van der Waals surface area contributed by atoms with Crippen molar-refractivity contribution in [2.75, 3.05) is 0 Å². The van der Waals surface area contributed by atoms with Crippen LogP contribution in [0.3, 0.4) is 0 Å². The summed E-state index contributed by atoms with van der Waals surface area (Å²) in [7, 11) is 0. The van der Waals surface area contributed by atoms with Gasteiger partial charge in [0.05, 0.1) is 0 Å². The standard InChI is InChI=1S/C19H31GeN2O/c1-17(2,3)21-15-13-11-10-12-14-16(15)22(18(4,5)6)20(21)23-19(7,8)9/h10-13H,1-9H3. The van der Waals surface area contributed by atoms with Gasteiger partial charge in [-0.1, -0.05) is 0 Å². The predicted octanol–water partition coefficient (Wildman–Crippen LogP) is 4.49. The Morgan fingerprint density at radius 2 is 1.43 bits per heavy atom. The maximum atomic E-state index is 6.69. The summed E-state index contributed by atoms with van der Waals surface area (Å²) in [6.45, 7) is 20.1. The van der Waals surface area contributed by atoms with Crippen molar-refractivity contribution in [1.29, 1.82) is 0 Å². The van der Waals surface area contributed by atoms with Crippen molar-refractivity contribution in [2.24, 2.45) is 0 Å². The predicted molar refractivity (Wildman–Crippen MR) is 98.6 cm³/mol. The first-order valence-corrected chi connectivity index (χ1v) is 11.1. The van der Waals surface area contributed by atoms with E-state index in [1.807, 2.05) is 12.2 Å². The molecule has 0 aromatic carbocycles. The molecule has 0 atom stereocenters. The van der Waals surface area contributed by atoms with Gasteiger partial charge in [0, 0.05) is 0 Å². The van der Waals surface area contributed by atoms with Crippen LogP contribution in [-0.2, 0) is 3.76 Å². The monoisotopic (exact) mass is 377 g/mol. The van der Waals surface area contributed by atoms with Crippen LogP contribution in [0.5, 0.6) is 0 Å². The molecule has 1 aliphatic carbocycles. The molecular formula is C19H31GeN2O. The average Bonchev–Trinajstić information content (AvgIpc) is 2.46. The van der Waals surface area contributed by atoms with Crippen LogP contribution in [-0.4, -0.2) is 39.5 Å². The van der Waals surface area contributed by atoms with Gasteiger partial charge in [0.1, 0.15) is 0 Å². The molecule has 0 aromatic rings. The molecular weight excluding hydrogens is 345 g/mol. The van der Waals surface area contributed by atoms with Crippen LogP contribution in [0, 0.1) is 0 Å². The molecule has 1 fully saturated rings. The van der Waals surface area contributed by atoms with E-state index in [2.05, 4.69) is 87.9 Å². The fraction of sp³-hybridized carbons (Fsp3) is 0.632. The van der Waals surface area contributed by atoms with E-state index in [4.69, 9.17) is 3.76 Å². The second kappa shape index (κ2) is 5.87. The van der Waals surface area contributed by atoms with Gasteiger partial charge in [-0.3, -0.25) is 0 Å². The van der Waals surface area contributed by atoms with E-state index in [1.54, 1.807) is 0 Å². The summed E-state index contributed by atoms with van der Waals surface area (Å²) in [5, 5.41) is 0. The summed E-state index contributed by atoms with van der Waals surface area (Å²) in [5.74, 6) is 0.